The van der Waals surface area contributed by atoms with E-state index in [1.54, 1.807) is 43.6 Å². The second-order valence-corrected chi connectivity index (χ2v) is 4.06. The van der Waals surface area contributed by atoms with Crippen LogP contribution in [-0.2, 0) is 0 Å². The number of methoxy groups -OCH3 is 1. The van der Waals surface area contributed by atoms with Crippen LogP contribution in [0.15, 0.2) is 53.1 Å². The predicted molar refractivity (Wildman–Crippen MR) is 70.4 cm³/mol. The number of carbonyl (C=O) groups excluding carboxylic acids is 1. The van der Waals surface area contributed by atoms with E-state index >= 15 is 0 Å². The molecule has 0 aliphatic carbocycles. The van der Waals surface area contributed by atoms with Gasteiger partial charge in [0.25, 0.3) is 0 Å². The lowest BCUT2D eigenvalue weighted by Crippen LogP contribution is -2.01. The van der Waals surface area contributed by atoms with E-state index < -0.39 is 0 Å². The molecule has 4 heteroatoms. The topological polar surface area (TPSA) is 52.3 Å². The van der Waals surface area contributed by atoms with Crippen LogP contribution in [0.2, 0.25) is 0 Å². The SMILES string of the molecule is COc1ccc2cc(C(=O)c3ccccn3)oc2c1. The third kappa shape index (κ3) is 2.08. The number of fused-ring (bicyclic) bond motifs is 1. The highest BCUT2D eigenvalue weighted by atomic mass is 16.5. The molecule has 94 valence electrons. The average Bonchev–Trinajstić information content (AvgIpc) is 2.90. The van der Waals surface area contributed by atoms with E-state index in [0.717, 1.165) is 5.39 Å². The Morgan fingerprint density at radius 1 is 1.21 bits per heavy atom. The van der Waals surface area contributed by atoms with E-state index in [9.17, 15) is 4.79 Å². The molecule has 19 heavy (non-hydrogen) atoms. The van der Waals surface area contributed by atoms with Gasteiger partial charge in [0.15, 0.2) is 5.76 Å². The van der Waals surface area contributed by atoms with E-state index in [1.165, 1.54) is 0 Å². The number of hydrogen-bond donors (Lipinski definition) is 0. The normalized spacial score (nSPS) is 10.6. The van der Waals surface area contributed by atoms with Crippen molar-refractivity contribution in [1.82, 2.24) is 4.98 Å². The largest absolute Gasteiger partial charge is 0.497 e. The van der Waals surface area contributed by atoms with Crippen molar-refractivity contribution < 1.29 is 13.9 Å². The number of hydrogen-bond acceptors (Lipinski definition) is 4. The van der Waals surface area contributed by atoms with Gasteiger partial charge in [-0.25, -0.2) is 0 Å². The number of furan rings is 1. The molecule has 3 rings (SSSR count). The molecule has 0 saturated carbocycles. The van der Waals surface area contributed by atoms with Gasteiger partial charge in [-0.1, -0.05) is 6.07 Å². The van der Waals surface area contributed by atoms with Crippen molar-refractivity contribution in [3.63, 3.8) is 0 Å². The molecule has 0 bridgehead atoms. The number of carbonyl (C=O) groups is 1. The summed E-state index contributed by atoms with van der Waals surface area (Å²) in [6.45, 7) is 0. The Morgan fingerprint density at radius 2 is 2.11 bits per heavy atom. The Kier molecular flexibility index (Phi) is 2.76. The van der Waals surface area contributed by atoms with Crippen LogP contribution in [0.25, 0.3) is 11.0 Å². The highest BCUT2D eigenvalue weighted by Gasteiger charge is 2.15. The molecule has 0 aliphatic rings. The van der Waals surface area contributed by atoms with Gasteiger partial charge in [-0.15, -0.1) is 0 Å². The predicted octanol–water partition coefficient (Wildman–Crippen LogP) is 3.07. The van der Waals surface area contributed by atoms with E-state index in [0.29, 0.717) is 17.0 Å². The van der Waals surface area contributed by atoms with Gasteiger partial charge < -0.3 is 9.15 Å². The maximum absolute atomic E-state index is 12.2. The van der Waals surface area contributed by atoms with Crippen molar-refractivity contribution in [3.8, 4) is 5.75 Å². The lowest BCUT2D eigenvalue weighted by atomic mass is 10.2. The molecule has 2 aromatic heterocycles. The van der Waals surface area contributed by atoms with Crippen molar-refractivity contribution in [2.24, 2.45) is 0 Å². The molecule has 0 spiro atoms. The van der Waals surface area contributed by atoms with Gasteiger partial charge in [0.05, 0.1) is 7.11 Å². The molecule has 3 aromatic rings. The first-order chi connectivity index (χ1) is 9.28. The smallest absolute Gasteiger partial charge is 0.246 e. The number of benzene rings is 1. The number of ketones is 1. The van der Waals surface area contributed by atoms with Crippen molar-refractivity contribution in [1.29, 1.82) is 0 Å². The first kappa shape index (κ1) is 11.5. The molecule has 0 amide bonds. The zero-order chi connectivity index (χ0) is 13.2. The molecule has 0 saturated heterocycles. The van der Waals surface area contributed by atoms with Crippen molar-refractivity contribution in [3.05, 3.63) is 60.1 Å². The molecule has 0 fully saturated rings. The fraction of sp³-hybridized carbons (Fsp3) is 0.0667. The van der Waals surface area contributed by atoms with Gasteiger partial charge >= 0.3 is 0 Å². The summed E-state index contributed by atoms with van der Waals surface area (Å²) in [4.78, 5) is 16.2. The highest BCUT2D eigenvalue weighted by Crippen LogP contribution is 2.25. The summed E-state index contributed by atoms with van der Waals surface area (Å²) in [7, 11) is 1.59. The summed E-state index contributed by atoms with van der Waals surface area (Å²) in [5, 5.41) is 0.861. The van der Waals surface area contributed by atoms with Gasteiger partial charge in [0.1, 0.15) is 17.0 Å². The lowest BCUT2D eigenvalue weighted by molar-refractivity contribution is 0.101. The Morgan fingerprint density at radius 3 is 2.84 bits per heavy atom. The molecule has 0 unspecified atom stereocenters. The lowest BCUT2D eigenvalue weighted by Gasteiger charge is -1.97. The van der Waals surface area contributed by atoms with Crippen LogP contribution in [0.3, 0.4) is 0 Å². The Hall–Kier alpha value is -2.62. The summed E-state index contributed by atoms with van der Waals surface area (Å²) in [6, 6.07) is 12.3. The molecular weight excluding hydrogens is 242 g/mol. The number of ether oxygens (including phenoxy) is 1. The molecule has 0 radical (unpaired) electrons. The molecule has 0 atom stereocenters. The molecule has 2 heterocycles. The van der Waals surface area contributed by atoms with Crippen LogP contribution >= 0.6 is 0 Å². The van der Waals surface area contributed by atoms with Crippen molar-refractivity contribution >= 4 is 16.8 Å². The molecular formula is C15H11NO3. The van der Waals surface area contributed by atoms with Crippen molar-refractivity contribution in [2.75, 3.05) is 7.11 Å². The second kappa shape index (κ2) is 4.57. The maximum atomic E-state index is 12.2. The van der Waals surface area contributed by atoms with Crippen LogP contribution in [0, 0.1) is 0 Å². The fourth-order valence-corrected chi connectivity index (χ4v) is 1.87. The molecule has 4 nitrogen and oxygen atoms in total. The number of pyridine rings is 1. The molecule has 1 aromatic carbocycles. The fourth-order valence-electron chi connectivity index (χ4n) is 1.87. The zero-order valence-corrected chi connectivity index (χ0v) is 10.3. The van der Waals surface area contributed by atoms with Crippen LogP contribution < -0.4 is 4.74 Å². The standard InChI is InChI=1S/C15H11NO3/c1-18-11-6-5-10-8-14(19-13(10)9-11)15(17)12-4-2-3-7-16-12/h2-9H,1H3. The van der Waals surface area contributed by atoms with Crippen LogP contribution in [0.1, 0.15) is 16.2 Å². The third-order valence-corrected chi connectivity index (χ3v) is 2.85. The summed E-state index contributed by atoms with van der Waals surface area (Å²) >= 11 is 0. The van der Waals surface area contributed by atoms with Crippen molar-refractivity contribution in [2.45, 2.75) is 0 Å². The summed E-state index contributed by atoms with van der Waals surface area (Å²) in [6.07, 6.45) is 1.58. The first-order valence-corrected chi connectivity index (χ1v) is 5.81. The Labute approximate surface area is 109 Å². The molecule has 0 N–H and O–H groups in total. The summed E-state index contributed by atoms with van der Waals surface area (Å²) in [5.74, 6) is 0.747. The number of nitrogens with zero attached hydrogens (tertiary/aromatic N) is 1. The van der Waals surface area contributed by atoms with Gasteiger partial charge in [-0.3, -0.25) is 9.78 Å². The minimum absolute atomic E-state index is 0.226. The number of aromatic nitrogens is 1. The van der Waals surface area contributed by atoms with E-state index in [-0.39, 0.29) is 11.5 Å². The van der Waals surface area contributed by atoms with Crippen LogP contribution in [-0.4, -0.2) is 17.9 Å². The van der Waals surface area contributed by atoms with Gasteiger partial charge in [0, 0.05) is 17.6 Å². The van der Waals surface area contributed by atoms with Crippen LogP contribution in [0.5, 0.6) is 5.75 Å². The zero-order valence-electron chi connectivity index (χ0n) is 10.3. The maximum Gasteiger partial charge on any atom is 0.246 e. The van der Waals surface area contributed by atoms with E-state index in [4.69, 9.17) is 9.15 Å². The van der Waals surface area contributed by atoms with E-state index in [2.05, 4.69) is 4.98 Å². The average molecular weight is 253 g/mol. The van der Waals surface area contributed by atoms with Gasteiger partial charge in [-0.2, -0.15) is 0 Å². The monoisotopic (exact) mass is 253 g/mol. The quantitative estimate of drug-likeness (QED) is 0.673. The highest BCUT2D eigenvalue weighted by molar-refractivity contribution is 6.07. The first-order valence-electron chi connectivity index (χ1n) is 5.81. The summed E-state index contributed by atoms with van der Waals surface area (Å²) < 4.78 is 10.7. The Balaban J connectivity index is 2.04. The molecule has 0 aliphatic heterocycles. The van der Waals surface area contributed by atoms with Gasteiger partial charge in [-0.05, 0) is 30.3 Å². The van der Waals surface area contributed by atoms with Crippen LogP contribution in [0.4, 0.5) is 0 Å². The summed E-state index contributed by atoms with van der Waals surface area (Å²) in [5.41, 5.74) is 0.993. The van der Waals surface area contributed by atoms with E-state index in [1.807, 2.05) is 12.1 Å². The third-order valence-electron chi connectivity index (χ3n) is 2.85. The number of rotatable bonds is 3. The Bertz CT molecular complexity index is 731. The second-order valence-electron chi connectivity index (χ2n) is 4.06. The minimum atomic E-state index is -0.226. The minimum Gasteiger partial charge on any atom is -0.497 e. The van der Waals surface area contributed by atoms with Gasteiger partial charge in [0.2, 0.25) is 5.78 Å².